The number of rotatable bonds is 5. The van der Waals surface area contributed by atoms with Crippen LogP contribution in [0.4, 0.5) is 0 Å². The van der Waals surface area contributed by atoms with E-state index in [0.29, 0.717) is 12.8 Å². The molecule has 0 aliphatic heterocycles. The van der Waals surface area contributed by atoms with Crippen molar-refractivity contribution in [2.24, 2.45) is 5.92 Å². The molecule has 0 bridgehead atoms. The fourth-order valence-electron chi connectivity index (χ4n) is 0.752. The Balaban J connectivity index is 3.71. The van der Waals surface area contributed by atoms with E-state index >= 15 is 0 Å². The SMILES string of the molecule is CCCCC(=O)OC(=O)C(C)CC. The molecule has 1 unspecified atom stereocenters. The van der Waals surface area contributed by atoms with Gasteiger partial charge in [-0.2, -0.15) is 0 Å². The molecule has 0 aliphatic carbocycles. The Morgan fingerprint density at radius 2 is 1.92 bits per heavy atom. The van der Waals surface area contributed by atoms with Crippen LogP contribution in [0.25, 0.3) is 0 Å². The van der Waals surface area contributed by atoms with Crippen LogP contribution in [0, 0.1) is 5.92 Å². The summed E-state index contributed by atoms with van der Waals surface area (Å²) >= 11 is 0. The molecule has 0 radical (unpaired) electrons. The normalized spacial score (nSPS) is 12.2. The van der Waals surface area contributed by atoms with E-state index in [1.807, 2.05) is 13.8 Å². The molecule has 0 N–H and O–H groups in total. The molecular weight excluding hydrogens is 168 g/mol. The summed E-state index contributed by atoms with van der Waals surface area (Å²) in [7, 11) is 0. The van der Waals surface area contributed by atoms with Gasteiger partial charge in [0.05, 0.1) is 5.92 Å². The Labute approximate surface area is 79.5 Å². The summed E-state index contributed by atoms with van der Waals surface area (Å²) in [5, 5.41) is 0. The van der Waals surface area contributed by atoms with Gasteiger partial charge < -0.3 is 4.74 Å². The van der Waals surface area contributed by atoms with E-state index in [-0.39, 0.29) is 5.92 Å². The summed E-state index contributed by atoms with van der Waals surface area (Å²) in [4.78, 5) is 22.1. The average Bonchev–Trinajstić information content (AvgIpc) is 2.13. The van der Waals surface area contributed by atoms with Gasteiger partial charge in [-0.1, -0.05) is 27.2 Å². The summed E-state index contributed by atoms with van der Waals surface area (Å²) in [5.74, 6) is -0.971. The van der Waals surface area contributed by atoms with E-state index in [2.05, 4.69) is 4.74 Å². The van der Waals surface area contributed by atoms with Crippen molar-refractivity contribution in [3.8, 4) is 0 Å². The number of unbranched alkanes of at least 4 members (excludes halogenated alkanes) is 1. The van der Waals surface area contributed by atoms with Crippen molar-refractivity contribution in [2.45, 2.75) is 46.5 Å². The third-order valence-electron chi connectivity index (χ3n) is 1.96. The molecule has 0 heterocycles. The van der Waals surface area contributed by atoms with E-state index in [0.717, 1.165) is 12.8 Å². The fraction of sp³-hybridized carbons (Fsp3) is 0.800. The van der Waals surface area contributed by atoms with Gasteiger partial charge in [0, 0.05) is 6.42 Å². The Bertz CT molecular complexity index is 175. The zero-order valence-electron chi connectivity index (χ0n) is 8.63. The lowest BCUT2D eigenvalue weighted by molar-refractivity contribution is -0.162. The monoisotopic (exact) mass is 186 g/mol. The first-order valence-electron chi connectivity index (χ1n) is 4.86. The van der Waals surface area contributed by atoms with E-state index in [1.54, 1.807) is 6.92 Å². The summed E-state index contributed by atoms with van der Waals surface area (Å²) in [6.45, 7) is 5.64. The number of esters is 2. The van der Waals surface area contributed by atoms with Gasteiger partial charge in [-0.15, -0.1) is 0 Å². The third-order valence-corrected chi connectivity index (χ3v) is 1.96. The molecule has 0 fully saturated rings. The van der Waals surface area contributed by atoms with Gasteiger partial charge in [0.2, 0.25) is 0 Å². The zero-order chi connectivity index (χ0) is 10.3. The highest BCUT2D eigenvalue weighted by atomic mass is 16.6. The molecule has 1 atom stereocenters. The topological polar surface area (TPSA) is 43.4 Å². The summed E-state index contributed by atoms with van der Waals surface area (Å²) in [5.41, 5.74) is 0. The fourth-order valence-corrected chi connectivity index (χ4v) is 0.752. The number of hydrogen-bond donors (Lipinski definition) is 0. The van der Waals surface area contributed by atoms with Crippen molar-refractivity contribution < 1.29 is 14.3 Å². The molecule has 0 saturated heterocycles. The van der Waals surface area contributed by atoms with Crippen molar-refractivity contribution in [1.29, 1.82) is 0 Å². The maximum atomic E-state index is 11.1. The minimum absolute atomic E-state index is 0.175. The van der Waals surface area contributed by atoms with Crippen LogP contribution in [0.1, 0.15) is 46.5 Å². The van der Waals surface area contributed by atoms with E-state index in [1.165, 1.54) is 0 Å². The second kappa shape index (κ2) is 6.63. The molecule has 76 valence electrons. The second-order valence-electron chi connectivity index (χ2n) is 3.21. The summed E-state index contributed by atoms with van der Waals surface area (Å²) in [6.07, 6.45) is 2.78. The van der Waals surface area contributed by atoms with Gasteiger partial charge in [-0.3, -0.25) is 9.59 Å². The van der Waals surface area contributed by atoms with E-state index in [4.69, 9.17) is 0 Å². The molecule has 0 aromatic heterocycles. The van der Waals surface area contributed by atoms with Crippen LogP contribution in [0.15, 0.2) is 0 Å². The molecular formula is C10H18O3. The van der Waals surface area contributed by atoms with Gasteiger partial charge in [-0.05, 0) is 12.8 Å². The second-order valence-corrected chi connectivity index (χ2v) is 3.21. The van der Waals surface area contributed by atoms with Crippen molar-refractivity contribution in [3.05, 3.63) is 0 Å². The number of hydrogen-bond acceptors (Lipinski definition) is 3. The molecule has 0 saturated carbocycles. The molecule has 0 aromatic carbocycles. The van der Waals surface area contributed by atoms with Crippen LogP contribution >= 0.6 is 0 Å². The number of carbonyl (C=O) groups is 2. The molecule has 0 aromatic rings. The predicted molar refractivity (Wildman–Crippen MR) is 50.1 cm³/mol. The largest absolute Gasteiger partial charge is 0.393 e. The lowest BCUT2D eigenvalue weighted by atomic mass is 10.1. The van der Waals surface area contributed by atoms with Crippen molar-refractivity contribution in [2.75, 3.05) is 0 Å². The maximum absolute atomic E-state index is 11.1. The van der Waals surface area contributed by atoms with Gasteiger partial charge in [-0.25, -0.2) is 0 Å². The molecule has 0 aliphatic rings. The standard InChI is InChI=1S/C10H18O3/c1-4-6-7-9(11)13-10(12)8(3)5-2/h8H,4-7H2,1-3H3. The average molecular weight is 186 g/mol. The van der Waals surface area contributed by atoms with Crippen LogP contribution in [0.2, 0.25) is 0 Å². The zero-order valence-corrected chi connectivity index (χ0v) is 8.63. The Hall–Kier alpha value is -0.860. The highest BCUT2D eigenvalue weighted by molar-refractivity contribution is 5.86. The van der Waals surface area contributed by atoms with Gasteiger partial charge in [0.1, 0.15) is 0 Å². The first-order valence-corrected chi connectivity index (χ1v) is 4.86. The summed E-state index contributed by atoms with van der Waals surface area (Å²) in [6, 6.07) is 0. The van der Waals surface area contributed by atoms with Crippen molar-refractivity contribution >= 4 is 11.9 Å². The molecule has 0 rings (SSSR count). The highest BCUT2D eigenvalue weighted by Crippen LogP contribution is 2.05. The molecule has 3 nitrogen and oxygen atoms in total. The van der Waals surface area contributed by atoms with Gasteiger partial charge >= 0.3 is 11.9 Å². The quantitative estimate of drug-likeness (QED) is 0.488. The first-order chi connectivity index (χ1) is 6.11. The third kappa shape index (κ3) is 5.39. The van der Waals surface area contributed by atoms with Gasteiger partial charge in [0.15, 0.2) is 0 Å². The lowest BCUT2D eigenvalue weighted by Gasteiger charge is -2.06. The summed E-state index contributed by atoms with van der Waals surface area (Å²) < 4.78 is 4.63. The van der Waals surface area contributed by atoms with Crippen molar-refractivity contribution in [3.63, 3.8) is 0 Å². The van der Waals surface area contributed by atoms with Crippen LogP contribution in [0.5, 0.6) is 0 Å². The molecule has 3 heteroatoms. The first kappa shape index (κ1) is 12.1. The van der Waals surface area contributed by atoms with Crippen LogP contribution in [0.3, 0.4) is 0 Å². The van der Waals surface area contributed by atoms with Crippen LogP contribution < -0.4 is 0 Å². The van der Waals surface area contributed by atoms with E-state index < -0.39 is 11.9 Å². The highest BCUT2D eigenvalue weighted by Gasteiger charge is 2.15. The predicted octanol–water partition coefficient (Wildman–Crippen LogP) is 2.29. The smallest absolute Gasteiger partial charge is 0.316 e. The van der Waals surface area contributed by atoms with Crippen LogP contribution in [-0.2, 0) is 14.3 Å². The minimum Gasteiger partial charge on any atom is -0.393 e. The van der Waals surface area contributed by atoms with Gasteiger partial charge in [0.25, 0.3) is 0 Å². The Morgan fingerprint density at radius 3 is 2.38 bits per heavy atom. The van der Waals surface area contributed by atoms with Crippen molar-refractivity contribution in [1.82, 2.24) is 0 Å². The Morgan fingerprint density at radius 1 is 1.31 bits per heavy atom. The van der Waals surface area contributed by atoms with E-state index in [9.17, 15) is 9.59 Å². The minimum atomic E-state index is -0.399. The maximum Gasteiger partial charge on any atom is 0.316 e. The Kier molecular flexibility index (Phi) is 6.20. The number of ether oxygens (including phenoxy) is 1. The molecule has 0 spiro atoms. The van der Waals surface area contributed by atoms with Crippen LogP contribution in [-0.4, -0.2) is 11.9 Å². The lowest BCUT2D eigenvalue weighted by Crippen LogP contribution is -2.18. The molecule has 13 heavy (non-hydrogen) atoms. The number of carbonyl (C=O) groups excluding carboxylic acids is 2. The molecule has 0 amide bonds.